The molecule has 13 nitrogen and oxygen atoms in total. The van der Waals surface area contributed by atoms with E-state index in [1.54, 1.807) is 62.4 Å². The van der Waals surface area contributed by atoms with Crippen molar-refractivity contribution in [3.05, 3.63) is 94.2 Å². The van der Waals surface area contributed by atoms with E-state index < -0.39 is 24.3 Å². The predicted molar refractivity (Wildman–Crippen MR) is 167 cm³/mol. The van der Waals surface area contributed by atoms with Crippen molar-refractivity contribution in [2.45, 2.75) is 32.7 Å². The number of amides is 2. The number of nitrogens with one attached hydrogen (secondary N) is 3. The average Bonchev–Trinajstić information content (AvgIpc) is 3.06. The quantitative estimate of drug-likeness (QED) is 0.0892. The molecular weight excluding hydrogens is 594 g/mol. The van der Waals surface area contributed by atoms with Crippen LogP contribution in [0.3, 0.4) is 0 Å². The number of hydrogen-bond donors (Lipinski definition) is 4. The Morgan fingerprint density at radius 2 is 1.87 bits per heavy atom. The molecule has 0 aromatic heterocycles. The summed E-state index contributed by atoms with van der Waals surface area (Å²) in [6.45, 7) is 3.79. The maximum Gasteiger partial charge on any atom is 0.337 e. The summed E-state index contributed by atoms with van der Waals surface area (Å²) < 4.78 is 28.0. The summed E-state index contributed by atoms with van der Waals surface area (Å²) in [6.07, 6.45) is 0.293. The molecule has 0 bridgehead atoms. The van der Waals surface area contributed by atoms with Crippen LogP contribution in [0.2, 0.25) is 0 Å². The molecule has 4 N–H and O–H groups in total. The molecule has 0 aliphatic carbocycles. The molecule has 1 aliphatic rings. The van der Waals surface area contributed by atoms with Gasteiger partial charge in [0.05, 0.1) is 50.3 Å². The van der Waals surface area contributed by atoms with Gasteiger partial charge in [-0.1, -0.05) is 24.3 Å². The number of aliphatic hydroxyl groups is 1. The molecule has 1 heterocycles. The molecule has 0 saturated carbocycles. The zero-order chi connectivity index (χ0) is 33.1. The third kappa shape index (κ3) is 8.25. The lowest BCUT2D eigenvalue weighted by molar-refractivity contribution is -0.136. The van der Waals surface area contributed by atoms with E-state index in [-0.39, 0.29) is 18.8 Å². The number of nitriles is 1. The van der Waals surface area contributed by atoms with Crippen LogP contribution in [0, 0.1) is 11.3 Å². The minimum Gasteiger partial charge on any atom is -0.493 e. The summed E-state index contributed by atoms with van der Waals surface area (Å²) in [6, 6.07) is 18.2. The normalized spacial score (nSPS) is 14.9. The first-order valence-corrected chi connectivity index (χ1v) is 14.3. The fourth-order valence-corrected chi connectivity index (χ4v) is 4.60. The minimum atomic E-state index is -1.20. The monoisotopic (exact) mass is 629 g/mol. The van der Waals surface area contributed by atoms with Crippen molar-refractivity contribution in [3.63, 3.8) is 0 Å². The van der Waals surface area contributed by atoms with E-state index in [9.17, 15) is 14.7 Å². The number of nitrogens with zero attached hydrogens (tertiary/aromatic N) is 2. The summed E-state index contributed by atoms with van der Waals surface area (Å²) >= 11 is 0. The van der Waals surface area contributed by atoms with Crippen molar-refractivity contribution in [1.82, 2.24) is 16.1 Å². The van der Waals surface area contributed by atoms with E-state index >= 15 is 0 Å². The minimum absolute atomic E-state index is 0.187. The van der Waals surface area contributed by atoms with Crippen molar-refractivity contribution in [1.29, 1.82) is 5.26 Å². The van der Waals surface area contributed by atoms with Crippen LogP contribution < -0.4 is 35.0 Å². The summed E-state index contributed by atoms with van der Waals surface area (Å²) in [5, 5.41) is 29.0. The molecule has 240 valence electrons. The van der Waals surface area contributed by atoms with Gasteiger partial charge in [-0.05, 0) is 61.4 Å². The van der Waals surface area contributed by atoms with Gasteiger partial charge in [0.1, 0.15) is 13.2 Å². The SMILES string of the molecule is CCOc1cc([C@H]2NC(=O)NC(C)=C2C(=O)OC)ccc1OC[C@H](O)N/N=C/c1cccc(OC)c1OCc1ccc(C#N)cc1. The van der Waals surface area contributed by atoms with Crippen molar-refractivity contribution >= 4 is 18.2 Å². The number of carbonyl (C=O) groups excluding carboxylic acids is 2. The van der Waals surface area contributed by atoms with Crippen LogP contribution in [-0.4, -0.2) is 57.0 Å². The van der Waals surface area contributed by atoms with Crippen LogP contribution >= 0.6 is 0 Å². The number of urea groups is 1. The molecule has 46 heavy (non-hydrogen) atoms. The molecule has 0 spiro atoms. The molecule has 0 saturated heterocycles. The summed E-state index contributed by atoms with van der Waals surface area (Å²) in [5.41, 5.74) is 5.86. The van der Waals surface area contributed by atoms with Gasteiger partial charge in [0, 0.05) is 11.3 Å². The number of ether oxygens (including phenoxy) is 5. The van der Waals surface area contributed by atoms with Crippen molar-refractivity contribution in [2.75, 3.05) is 27.4 Å². The molecule has 13 heteroatoms. The third-order valence-electron chi connectivity index (χ3n) is 6.79. The van der Waals surface area contributed by atoms with Crippen LogP contribution in [0.5, 0.6) is 23.0 Å². The third-order valence-corrected chi connectivity index (χ3v) is 6.79. The Bertz CT molecular complexity index is 1650. The highest BCUT2D eigenvalue weighted by molar-refractivity contribution is 5.95. The van der Waals surface area contributed by atoms with E-state index in [1.807, 2.05) is 12.1 Å². The molecule has 1 aliphatic heterocycles. The number of para-hydroxylation sites is 1. The number of esters is 1. The van der Waals surface area contributed by atoms with Crippen molar-refractivity contribution in [3.8, 4) is 29.1 Å². The van der Waals surface area contributed by atoms with Crippen LogP contribution in [0.4, 0.5) is 4.79 Å². The Hall–Kier alpha value is -5.74. The summed E-state index contributed by atoms with van der Waals surface area (Å²) in [4.78, 5) is 24.6. The van der Waals surface area contributed by atoms with Gasteiger partial charge in [-0.25, -0.2) is 9.59 Å². The van der Waals surface area contributed by atoms with Gasteiger partial charge in [0.25, 0.3) is 0 Å². The van der Waals surface area contributed by atoms with Crippen LogP contribution in [0.1, 0.15) is 42.1 Å². The zero-order valence-corrected chi connectivity index (χ0v) is 25.8. The van der Waals surface area contributed by atoms with Crippen LogP contribution in [-0.2, 0) is 16.1 Å². The fraction of sp³-hybridized carbons (Fsp3) is 0.273. The zero-order valence-electron chi connectivity index (χ0n) is 25.8. The molecule has 3 aromatic rings. The molecule has 4 rings (SSSR count). The van der Waals surface area contributed by atoms with E-state index in [4.69, 9.17) is 28.9 Å². The van der Waals surface area contributed by atoms with Gasteiger partial charge in [-0.15, -0.1) is 0 Å². The van der Waals surface area contributed by atoms with Gasteiger partial charge in [-0.2, -0.15) is 10.4 Å². The van der Waals surface area contributed by atoms with E-state index in [1.165, 1.54) is 20.4 Å². The molecule has 0 unspecified atom stereocenters. The number of methoxy groups -OCH3 is 2. The fourth-order valence-electron chi connectivity index (χ4n) is 4.60. The summed E-state index contributed by atoms with van der Waals surface area (Å²) in [7, 11) is 2.80. The smallest absolute Gasteiger partial charge is 0.337 e. The number of benzene rings is 3. The molecule has 3 aromatic carbocycles. The summed E-state index contributed by atoms with van der Waals surface area (Å²) in [5.74, 6) is 1.06. The van der Waals surface area contributed by atoms with Gasteiger partial charge in [0.15, 0.2) is 29.2 Å². The number of hydrazone groups is 1. The topological polar surface area (TPSA) is 173 Å². The maximum absolute atomic E-state index is 12.5. The number of aliphatic hydroxyl groups excluding tert-OH is 1. The average molecular weight is 630 g/mol. The van der Waals surface area contributed by atoms with Crippen LogP contribution in [0.15, 0.2) is 77.0 Å². The lowest BCUT2D eigenvalue weighted by Crippen LogP contribution is -2.45. The highest BCUT2D eigenvalue weighted by atomic mass is 16.5. The van der Waals surface area contributed by atoms with E-state index in [2.05, 4.69) is 27.2 Å². The molecule has 0 fully saturated rings. The molecular formula is C33H35N5O8. The first kappa shape index (κ1) is 33.2. The Morgan fingerprint density at radius 1 is 1.09 bits per heavy atom. The van der Waals surface area contributed by atoms with Crippen molar-refractivity contribution < 1.29 is 38.4 Å². The first-order chi connectivity index (χ1) is 22.3. The number of carbonyl (C=O) groups is 2. The van der Waals surface area contributed by atoms with E-state index in [0.29, 0.717) is 52.0 Å². The molecule has 2 atom stereocenters. The van der Waals surface area contributed by atoms with Crippen LogP contribution in [0.25, 0.3) is 0 Å². The first-order valence-electron chi connectivity index (χ1n) is 14.3. The second-order valence-corrected chi connectivity index (χ2v) is 9.89. The highest BCUT2D eigenvalue weighted by Gasteiger charge is 2.32. The maximum atomic E-state index is 12.5. The van der Waals surface area contributed by atoms with Gasteiger partial charge in [-0.3, -0.25) is 5.43 Å². The number of rotatable bonds is 14. The largest absolute Gasteiger partial charge is 0.493 e. The van der Waals surface area contributed by atoms with Crippen molar-refractivity contribution in [2.24, 2.45) is 5.10 Å². The Balaban J connectivity index is 1.41. The number of hydrogen-bond acceptors (Lipinski definition) is 11. The lowest BCUT2D eigenvalue weighted by Gasteiger charge is -2.28. The second kappa shape index (κ2) is 15.8. The van der Waals surface area contributed by atoms with Gasteiger partial charge < -0.3 is 39.4 Å². The number of allylic oxidation sites excluding steroid dienone is 1. The predicted octanol–water partition coefficient (Wildman–Crippen LogP) is 3.67. The second-order valence-electron chi connectivity index (χ2n) is 9.89. The Labute approximate surface area is 266 Å². The van der Waals surface area contributed by atoms with Gasteiger partial charge in [0.2, 0.25) is 0 Å². The lowest BCUT2D eigenvalue weighted by atomic mass is 9.95. The Morgan fingerprint density at radius 3 is 2.57 bits per heavy atom. The molecule has 0 radical (unpaired) electrons. The van der Waals surface area contributed by atoms with E-state index in [0.717, 1.165) is 5.56 Å². The Kier molecular flexibility index (Phi) is 11.4. The van der Waals surface area contributed by atoms with Gasteiger partial charge >= 0.3 is 12.0 Å². The standard InChI is InChI=1S/C33H35N5O8/c1-5-44-27-15-23(30-29(32(40)43-4)20(2)36-33(41)37-30)13-14-25(27)45-19-28(39)38-35-17-24-7-6-8-26(42-3)31(24)46-18-22-11-9-21(16-34)10-12-22/h6-15,17,28,30,38-39H,5,18-19H2,1-4H3,(H2,36,37,41)/b35-17+/t28-,30+/m0/s1. The highest BCUT2D eigenvalue weighted by Crippen LogP contribution is 2.35. The molecule has 2 amide bonds.